The highest BCUT2D eigenvalue weighted by molar-refractivity contribution is 7.88. The van der Waals surface area contributed by atoms with Gasteiger partial charge in [0.05, 0.1) is 6.26 Å². The molecule has 0 aliphatic carbocycles. The van der Waals surface area contributed by atoms with Crippen LogP contribution < -0.4 is 10.0 Å². The van der Waals surface area contributed by atoms with E-state index in [0.29, 0.717) is 13.0 Å². The molecule has 0 unspecified atom stereocenters. The second-order valence-corrected chi connectivity index (χ2v) is 7.35. The number of hydrogen-bond donors (Lipinski definition) is 2. The predicted octanol–water partition coefficient (Wildman–Crippen LogP) is 0.435. The van der Waals surface area contributed by atoms with Crippen molar-refractivity contribution in [2.24, 2.45) is 0 Å². The Kier molecular flexibility index (Phi) is 9.32. The summed E-state index contributed by atoms with van der Waals surface area (Å²) in [4.78, 5) is 0. The molecule has 0 radical (unpaired) electrons. The summed E-state index contributed by atoms with van der Waals surface area (Å²) in [6.07, 6.45) is 2.86. The minimum absolute atomic E-state index is 0.435. The highest BCUT2D eigenvalue weighted by atomic mass is 32.3. The molecule has 0 heterocycles. The number of hydrogen-bond acceptors (Lipinski definition) is 7. The van der Waals surface area contributed by atoms with Crippen molar-refractivity contribution in [1.29, 1.82) is 0 Å². The Balaban J connectivity index is 0.000000841. The molecule has 0 saturated heterocycles. The lowest BCUT2D eigenvalue weighted by atomic mass is 10.0. The SMILES string of the molecule is CCNc1ccc(CC)cc1CCNS(C)(=O)=O.O=S(=O)([O-])[O-]. The zero-order chi connectivity index (χ0) is 18.1. The first-order valence-corrected chi connectivity index (χ1v) is 10.2. The van der Waals surface area contributed by atoms with Gasteiger partial charge in [0, 0.05) is 29.2 Å². The van der Waals surface area contributed by atoms with Crippen molar-refractivity contribution < 1.29 is 25.9 Å². The molecule has 2 N–H and O–H groups in total. The molecule has 0 aliphatic rings. The van der Waals surface area contributed by atoms with E-state index in [9.17, 15) is 8.42 Å². The van der Waals surface area contributed by atoms with Crippen LogP contribution >= 0.6 is 0 Å². The molecule has 0 fully saturated rings. The van der Waals surface area contributed by atoms with E-state index in [4.69, 9.17) is 17.5 Å². The molecule has 134 valence electrons. The molecule has 10 heteroatoms. The van der Waals surface area contributed by atoms with Gasteiger partial charge >= 0.3 is 0 Å². The number of rotatable bonds is 7. The average Bonchev–Trinajstić information content (AvgIpc) is 2.37. The minimum atomic E-state index is -5.17. The predicted molar refractivity (Wildman–Crippen MR) is 87.0 cm³/mol. The summed E-state index contributed by atoms with van der Waals surface area (Å²) in [6.45, 7) is 5.45. The van der Waals surface area contributed by atoms with Crippen molar-refractivity contribution in [2.75, 3.05) is 24.7 Å². The van der Waals surface area contributed by atoms with Crippen LogP contribution in [-0.4, -0.2) is 45.3 Å². The van der Waals surface area contributed by atoms with Gasteiger partial charge in [0.25, 0.3) is 0 Å². The quantitative estimate of drug-likeness (QED) is 0.527. The molecule has 23 heavy (non-hydrogen) atoms. The first-order chi connectivity index (χ1) is 10.5. The van der Waals surface area contributed by atoms with Gasteiger partial charge in [-0.25, -0.2) is 13.1 Å². The average molecular weight is 366 g/mol. The fourth-order valence-electron chi connectivity index (χ4n) is 1.81. The van der Waals surface area contributed by atoms with Crippen LogP contribution in [0.5, 0.6) is 0 Å². The Labute approximate surface area is 137 Å². The van der Waals surface area contributed by atoms with E-state index in [1.807, 2.05) is 6.92 Å². The molecule has 8 nitrogen and oxygen atoms in total. The lowest BCUT2D eigenvalue weighted by molar-refractivity contribution is 0.352. The van der Waals surface area contributed by atoms with Gasteiger partial charge in [-0.15, -0.1) is 0 Å². The van der Waals surface area contributed by atoms with Gasteiger partial charge in [-0.1, -0.05) is 19.1 Å². The van der Waals surface area contributed by atoms with Gasteiger partial charge in [0.15, 0.2) is 0 Å². The van der Waals surface area contributed by atoms with Crippen molar-refractivity contribution in [3.8, 4) is 0 Å². The molecule has 0 saturated carbocycles. The van der Waals surface area contributed by atoms with Gasteiger partial charge in [-0.3, -0.25) is 8.42 Å². The fraction of sp³-hybridized carbons (Fsp3) is 0.538. The van der Waals surface area contributed by atoms with E-state index in [0.717, 1.165) is 24.2 Å². The lowest BCUT2D eigenvalue weighted by Crippen LogP contribution is -2.24. The maximum absolute atomic E-state index is 11.0. The first-order valence-electron chi connectivity index (χ1n) is 6.93. The maximum atomic E-state index is 11.0. The van der Waals surface area contributed by atoms with Crippen LogP contribution in [0.3, 0.4) is 0 Å². The van der Waals surface area contributed by atoms with E-state index in [-0.39, 0.29) is 0 Å². The van der Waals surface area contributed by atoms with E-state index < -0.39 is 20.4 Å². The summed E-state index contributed by atoms with van der Waals surface area (Å²) in [5, 5.41) is 3.30. The minimum Gasteiger partial charge on any atom is -0.759 e. The number of nitrogens with one attached hydrogen (secondary N) is 2. The lowest BCUT2D eigenvalue weighted by Gasteiger charge is -2.12. The molecule has 0 spiro atoms. The number of sulfonamides is 1. The van der Waals surface area contributed by atoms with Crippen LogP contribution in [0.25, 0.3) is 0 Å². The van der Waals surface area contributed by atoms with Crippen molar-refractivity contribution in [3.63, 3.8) is 0 Å². The van der Waals surface area contributed by atoms with Crippen molar-refractivity contribution in [3.05, 3.63) is 29.3 Å². The molecule has 1 aromatic rings. The standard InChI is InChI=1S/C13H22N2O2S.H2O4S/c1-4-11-6-7-13(14-5-2)12(10-11)8-9-15-18(3,16)17;1-5(2,3)4/h6-7,10,14-15H,4-5,8-9H2,1-3H3;(H2,1,2,3,4)/p-2. The fourth-order valence-corrected chi connectivity index (χ4v) is 2.28. The van der Waals surface area contributed by atoms with Crippen LogP contribution in [0.2, 0.25) is 0 Å². The zero-order valence-corrected chi connectivity index (χ0v) is 15.0. The van der Waals surface area contributed by atoms with Crippen molar-refractivity contribution >= 4 is 26.1 Å². The molecule has 1 rings (SSSR count). The Morgan fingerprint density at radius 1 is 1.09 bits per heavy atom. The molecule has 1 aromatic carbocycles. The second-order valence-electron chi connectivity index (χ2n) is 4.70. The molecule has 0 aliphatic heterocycles. The number of aryl methyl sites for hydroxylation is 1. The zero-order valence-electron chi connectivity index (χ0n) is 13.3. The van der Waals surface area contributed by atoms with Crippen LogP contribution in [0, 0.1) is 0 Å². The first kappa shape index (κ1) is 21.8. The summed E-state index contributed by atoms with van der Waals surface area (Å²) in [5.74, 6) is 0. The van der Waals surface area contributed by atoms with Crippen molar-refractivity contribution in [2.45, 2.75) is 26.7 Å². The highest BCUT2D eigenvalue weighted by Crippen LogP contribution is 2.18. The Hall–Kier alpha value is -1.20. The largest absolute Gasteiger partial charge is 0.759 e. The summed E-state index contributed by atoms with van der Waals surface area (Å²) < 4.78 is 58.7. The smallest absolute Gasteiger partial charge is 0.208 e. The third-order valence-corrected chi connectivity index (χ3v) is 3.43. The summed E-state index contributed by atoms with van der Waals surface area (Å²) in [7, 11) is -8.27. The second kappa shape index (κ2) is 9.83. The molecular weight excluding hydrogens is 344 g/mol. The van der Waals surface area contributed by atoms with E-state index in [1.54, 1.807) is 0 Å². The van der Waals surface area contributed by atoms with Gasteiger partial charge < -0.3 is 14.4 Å². The van der Waals surface area contributed by atoms with Crippen LogP contribution in [-0.2, 0) is 33.3 Å². The highest BCUT2D eigenvalue weighted by Gasteiger charge is 2.05. The monoisotopic (exact) mass is 366 g/mol. The topological polar surface area (TPSA) is 138 Å². The van der Waals surface area contributed by atoms with E-state index in [2.05, 4.69) is 35.2 Å². The summed E-state index contributed by atoms with van der Waals surface area (Å²) >= 11 is 0. The third-order valence-electron chi connectivity index (χ3n) is 2.70. The third kappa shape index (κ3) is 13.0. The van der Waals surface area contributed by atoms with Gasteiger partial charge in [0.2, 0.25) is 10.0 Å². The normalized spacial score (nSPS) is 11.5. The van der Waals surface area contributed by atoms with Gasteiger partial charge in [-0.05, 0) is 37.0 Å². The molecule has 0 amide bonds. The maximum Gasteiger partial charge on any atom is 0.208 e. The Morgan fingerprint density at radius 2 is 1.65 bits per heavy atom. The summed E-state index contributed by atoms with van der Waals surface area (Å²) in [6, 6.07) is 6.31. The number of benzene rings is 1. The van der Waals surface area contributed by atoms with Crippen LogP contribution in [0.1, 0.15) is 25.0 Å². The van der Waals surface area contributed by atoms with Crippen LogP contribution in [0.4, 0.5) is 5.69 Å². The van der Waals surface area contributed by atoms with Gasteiger partial charge in [0.1, 0.15) is 0 Å². The Morgan fingerprint density at radius 3 is 2.09 bits per heavy atom. The molecule has 0 bridgehead atoms. The molecular formula is C13H22N2O6S2-2. The number of anilines is 1. The molecule has 0 atom stereocenters. The van der Waals surface area contributed by atoms with E-state index >= 15 is 0 Å². The van der Waals surface area contributed by atoms with Crippen LogP contribution in [0.15, 0.2) is 18.2 Å². The molecule has 0 aromatic heterocycles. The van der Waals surface area contributed by atoms with E-state index in [1.165, 1.54) is 11.8 Å². The van der Waals surface area contributed by atoms with Gasteiger partial charge in [-0.2, -0.15) is 0 Å². The summed E-state index contributed by atoms with van der Waals surface area (Å²) in [5.41, 5.74) is 3.52. The van der Waals surface area contributed by atoms with Crippen molar-refractivity contribution in [1.82, 2.24) is 4.72 Å². The Bertz CT molecular complexity index is 678.